The minimum Gasteiger partial charge on any atom is -0.493 e. The van der Waals surface area contributed by atoms with Crippen molar-refractivity contribution in [2.24, 2.45) is 5.73 Å². The normalized spacial score (nSPS) is 12.5. The van der Waals surface area contributed by atoms with Crippen molar-refractivity contribution in [2.45, 2.75) is 32.4 Å². The smallest absolute Gasteiger partial charge is 0.234 e. The summed E-state index contributed by atoms with van der Waals surface area (Å²) in [7, 11) is 0. The number of carbonyl (C=O) groups is 1. The van der Waals surface area contributed by atoms with Gasteiger partial charge in [-0.1, -0.05) is 13.8 Å². The van der Waals surface area contributed by atoms with Gasteiger partial charge in [0, 0.05) is 18.5 Å². The summed E-state index contributed by atoms with van der Waals surface area (Å²) >= 11 is 0. The molecule has 0 radical (unpaired) electrons. The minimum atomic E-state index is -0.968. The van der Waals surface area contributed by atoms with Gasteiger partial charge in [-0.3, -0.25) is 4.79 Å². The van der Waals surface area contributed by atoms with Gasteiger partial charge in [-0.2, -0.15) is 0 Å². The first kappa shape index (κ1) is 15.4. The molecule has 106 valence electrons. The number of rotatable bonds is 7. The molecule has 1 rings (SSSR count). The number of halogens is 2. The van der Waals surface area contributed by atoms with E-state index in [1.807, 2.05) is 13.8 Å². The van der Waals surface area contributed by atoms with Gasteiger partial charge in [0.1, 0.15) is 5.75 Å². The molecule has 0 aliphatic carbocycles. The van der Waals surface area contributed by atoms with Crippen LogP contribution in [0.5, 0.6) is 5.75 Å². The second-order valence-corrected chi connectivity index (χ2v) is 4.49. The summed E-state index contributed by atoms with van der Waals surface area (Å²) in [4.78, 5) is 11.2. The van der Waals surface area contributed by atoms with Crippen LogP contribution in [0.3, 0.4) is 0 Å². The van der Waals surface area contributed by atoms with E-state index in [-0.39, 0.29) is 18.4 Å². The summed E-state index contributed by atoms with van der Waals surface area (Å²) in [6.45, 7) is 3.97. The average Bonchev–Trinajstić information content (AvgIpc) is 2.31. The van der Waals surface area contributed by atoms with Crippen LogP contribution in [0.15, 0.2) is 18.2 Å². The molecule has 0 bridgehead atoms. The molecular formula is C13H18F2N2O2. The largest absolute Gasteiger partial charge is 0.493 e. The molecule has 19 heavy (non-hydrogen) atoms. The molecule has 0 aliphatic heterocycles. The Morgan fingerprint density at radius 3 is 2.58 bits per heavy atom. The Morgan fingerprint density at radius 2 is 2.05 bits per heavy atom. The third-order valence-corrected chi connectivity index (χ3v) is 2.44. The highest BCUT2D eigenvalue weighted by atomic mass is 19.2. The third-order valence-electron chi connectivity index (χ3n) is 2.44. The Morgan fingerprint density at radius 1 is 1.37 bits per heavy atom. The zero-order valence-electron chi connectivity index (χ0n) is 11.0. The van der Waals surface area contributed by atoms with Crippen LogP contribution in [0.1, 0.15) is 20.3 Å². The minimum absolute atomic E-state index is 0.112. The molecule has 0 aromatic heterocycles. The van der Waals surface area contributed by atoms with Gasteiger partial charge in [0.2, 0.25) is 5.91 Å². The summed E-state index contributed by atoms with van der Waals surface area (Å²) in [6, 6.07) is 2.88. The van der Waals surface area contributed by atoms with Gasteiger partial charge in [-0.05, 0) is 12.1 Å². The molecule has 0 saturated heterocycles. The van der Waals surface area contributed by atoms with E-state index in [4.69, 9.17) is 10.5 Å². The van der Waals surface area contributed by atoms with Crippen molar-refractivity contribution >= 4 is 5.91 Å². The fourth-order valence-corrected chi connectivity index (χ4v) is 1.57. The number of nitrogens with one attached hydrogen (secondary N) is 1. The standard InChI is InChI=1S/C13H18F2N2O2/c1-8(2)17-12(13(16)18)5-6-19-9-3-4-10(14)11(15)7-9/h3-4,7-8,12,17H,5-6H2,1-2H3,(H2,16,18). The maximum absolute atomic E-state index is 12.9. The highest BCUT2D eigenvalue weighted by Crippen LogP contribution is 2.15. The van der Waals surface area contributed by atoms with Crippen molar-refractivity contribution in [3.8, 4) is 5.75 Å². The molecule has 0 spiro atoms. The lowest BCUT2D eigenvalue weighted by Gasteiger charge is -2.18. The van der Waals surface area contributed by atoms with Gasteiger partial charge in [-0.25, -0.2) is 8.78 Å². The van der Waals surface area contributed by atoms with Crippen LogP contribution in [0.25, 0.3) is 0 Å². The molecular weight excluding hydrogens is 254 g/mol. The molecule has 1 unspecified atom stereocenters. The van der Waals surface area contributed by atoms with E-state index < -0.39 is 23.6 Å². The van der Waals surface area contributed by atoms with Crippen LogP contribution < -0.4 is 15.8 Å². The first-order valence-corrected chi connectivity index (χ1v) is 6.03. The Labute approximate surface area is 110 Å². The zero-order valence-corrected chi connectivity index (χ0v) is 11.0. The van der Waals surface area contributed by atoms with Crippen molar-refractivity contribution in [3.05, 3.63) is 29.8 Å². The zero-order chi connectivity index (χ0) is 14.4. The number of ether oxygens (including phenoxy) is 1. The van der Waals surface area contributed by atoms with Gasteiger partial charge >= 0.3 is 0 Å². The van der Waals surface area contributed by atoms with Crippen LogP contribution in [-0.4, -0.2) is 24.6 Å². The summed E-state index contributed by atoms with van der Waals surface area (Å²) in [5, 5.41) is 3.00. The summed E-state index contributed by atoms with van der Waals surface area (Å²) < 4.78 is 30.9. The first-order chi connectivity index (χ1) is 8.90. The van der Waals surface area contributed by atoms with Crippen molar-refractivity contribution in [1.29, 1.82) is 0 Å². The van der Waals surface area contributed by atoms with Gasteiger partial charge in [-0.15, -0.1) is 0 Å². The summed E-state index contributed by atoms with van der Waals surface area (Å²) in [5.41, 5.74) is 5.24. The van der Waals surface area contributed by atoms with Crippen LogP contribution in [0.4, 0.5) is 8.78 Å². The fraction of sp³-hybridized carbons (Fsp3) is 0.462. The third kappa shape index (κ3) is 5.21. The molecule has 0 fully saturated rings. The van der Waals surface area contributed by atoms with E-state index >= 15 is 0 Å². The fourth-order valence-electron chi connectivity index (χ4n) is 1.57. The first-order valence-electron chi connectivity index (χ1n) is 6.03. The quantitative estimate of drug-likeness (QED) is 0.792. The van der Waals surface area contributed by atoms with Crippen molar-refractivity contribution in [2.75, 3.05) is 6.61 Å². The van der Waals surface area contributed by atoms with Crippen molar-refractivity contribution in [1.82, 2.24) is 5.32 Å². The summed E-state index contributed by atoms with van der Waals surface area (Å²) in [6.07, 6.45) is 0.354. The van der Waals surface area contributed by atoms with E-state index in [2.05, 4.69) is 5.32 Å². The lowest BCUT2D eigenvalue weighted by Crippen LogP contribution is -2.45. The van der Waals surface area contributed by atoms with E-state index in [1.54, 1.807) is 0 Å². The Bertz CT molecular complexity index is 439. The van der Waals surface area contributed by atoms with E-state index in [9.17, 15) is 13.6 Å². The molecule has 0 aliphatic rings. The number of benzene rings is 1. The lowest BCUT2D eigenvalue weighted by molar-refractivity contribution is -0.120. The Balaban J connectivity index is 2.47. The molecule has 1 aromatic carbocycles. The van der Waals surface area contributed by atoms with E-state index in [0.717, 1.165) is 12.1 Å². The molecule has 1 amide bonds. The average molecular weight is 272 g/mol. The van der Waals surface area contributed by atoms with Crippen LogP contribution in [-0.2, 0) is 4.79 Å². The van der Waals surface area contributed by atoms with Gasteiger partial charge < -0.3 is 15.8 Å². The van der Waals surface area contributed by atoms with Crippen LogP contribution >= 0.6 is 0 Å². The molecule has 1 atom stereocenters. The monoisotopic (exact) mass is 272 g/mol. The number of amides is 1. The topological polar surface area (TPSA) is 64.3 Å². The van der Waals surface area contributed by atoms with Crippen LogP contribution in [0.2, 0.25) is 0 Å². The molecule has 0 saturated carbocycles. The second-order valence-electron chi connectivity index (χ2n) is 4.49. The van der Waals surface area contributed by atoms with Crippen molar-refractivity contribution < 1.29 is 18.3 Å². The number of nitrogens with two attached hydrogens (primary N) is 1. The molecule has 3 N–H and O–H groups in total. The number of primary amides is 1. The Hall–Kier alpha value is -1.69. The van der Waals surface area contributed by atoms with E-state index in [1.165, 1.54) is 6.07 Å². The van der Waals surface area contributed by atoms with Gasteiger partial charge in [0.15, 0.2) is 11.6 Å². The number of hydrogen-bond acceptors (Lipinski definition) is 3. The molecule has 4 nitrogen and oxygen atoms in total. The van der Waals surface area contributed by atoms with Gasteiger partial charge in [0.05, 0.1) is 12.6 Å². The maximum Gasteiger partial charge on any atom is 0.234 e. The predicted octanol–water partition coefficient (Wildman–Crippen LogP) is 1.59. The summed E-state index contributed by atoms with van der Waals surface area (Å²) in [5.74, 6) is -2.15. The highest BCUT2D eigenvalue weighted by Gasteiger charge is 2.16. The predicted molar refractivity (Wildman–Crippen MR) is 67.7 cm³/mol. The number of hydrogen-bond donors (Lipinski definition) is 2. The second kappa shape index (κ2) is 7.04. The molecule has 1 aromatic rings. The number of carbonyl (C=O) groups excluding carboxylic acids is 1. The molecule has 6 heteroatoms. The SMILES string of the molecule is CC(C)NC(CCOc1ccc(F)c(F)c1)C(N)=O. The van der Waals surface area contributed by atoms with Gasteiger partial charge in [0.25, 0.3) is 0 Å². The lowest BCUT2D eigenvalue weighted by atomic mass is 10.2. The van der Waals surface area contributed by atoms with E-state index in [0.29, 0.717) is 6.42 Å². The maximum atomic E-state index is 12.9. The Kier molecular flexibility index (Phi) is 5.69. The van der Waals surface area contributed by atoms with Crippen LogP contribution in [0, 0.1) is 11.6 Å². The van der Waals surface area contributed by atoms with Crippen molar-refractivity contribution in [3.63, 3.8) is 0 Å². The highest BCUT2D eigenvalue weighted by molar-refractivity contribution is 5.79. The molecule has 0 heterocycles.